The lowest BCUT2D eigenvalue weighted by molar-refractivity contribution is -0.137. The van der Waals surface area contributed by atoms with Crippen molar-refractivity contribution in [3.63, 3.8) is 0 Å². The Bertz CT molecular complexity index is 399. The molecular weight excluding hydrogens is 231 g/mol. The van der Waals surface area contributed by atoms with Crippen molar-refractivity contribution in [3.05, 3.63) is 35.4 Å². The quantitative estimate of drug-likeness (QED) is 0.871. The van der Waals surface area contributed by atoms with Crippen LogP contribution in [0.25, 0.3) is 0 Å². The van der Waals surface area contributed by atoms with Crippen molar-refractivity contribution in [2.45, 2.75) is 32.5 Å². The van der Waals surface area contributed by atoms with Gasteiger partial charge in [0.25, 0.3) is 0 Å². The van der Waals surface area contributed by atoms with E-state index in [1.807, 2.05) is 0 Å². The molecule has 94 valence electrons. The number of carbonyl (C=O) groups is 1. The lowest BCUT2D eigenvalue weighted by atomic mass is 10.1. The highest BCUT2D eigenvalue weighted by molar-refractivity contribution is 5.78. The summed E-state index contributed by atoms with van der Waals surface area (Å²) in [4.78, 5) is 11.4. The van der Waals surface area contributed by atoms with Crippen LogP contribution in [-0.4, -0.2) is 11.9 Å². The Morgan fingerprint density at radius 3 is 2.53 bits per heavy atom. The lowest BCUT2D eigenvalue weighted by Crippen LogP contribution is -2.31. The first-order valence-corrected chi connectivity index (χ1v) is 5.24. The van der Waals surface area contributed by atoms with Gasteiger partial charge in [0, 0.05) is 6.04 Å². The molecule has 2 nitrogen and oxygen atoms in total. The van der Waals surface area contributed by atoms with Gasteiger partial charge >= 0.3 is 6.18 Å². The van der Waals surface area contributed by atoms with E-state index in [-0.39, 0.29) is 18.4 Å². The van der Waals surface area contributed by atoms with E-state index in [1.54, 1.807) is 13.8 Å². The van der Waals surface area contributed by atoms with Gasteiger partial charge in [-0.3, -0.25) is 4.79 Å². The second kappa shape index (κ2) is 5.21. The molecule has 1 aromatic carbocycles. The summed E-state index contributed by atoms with van der Waals surface area (Å²) in [6, 6.07) is 4.79. The van der Waals surface area contributed by atoms with Crippen LogP contribution >= 0.6 is 0 Å². The number of carbonyl (C=O) groups excluding carboxylic acids is 1. The molecule has 0 saturated heterocycles. The maximum atomic E-state index is 12.4. The maximum Gasteiger partial charge on any atom is 0.416 e. The van der Waals surface area contributed by atoms with Crippen LogP contribution in [0.1, 0.15) is 25.0 Å². The van der Waals surface area contributed by atoms with Crippen LogP contribution in [0.4, 0.5) is 13.2 Å². The molecule has 5 heteroatoms. The third-order valence-electron chi connectivity index (χ3n) is 2.07. The van der Waals surface area contributed by atoms with Crippen molar-refractivity contribution in [3.8, 4) is 0 Å². The van der Waals surface area contributed by atoms with Gasteiger partial charge in [-0.15, -0.1) is 0 Å². The molecule has 0 fully saturated rings. The van der Waals surface area contributed by atoms with Gasteiger partial charge in [-0.1, -0.05) is 18.2 Å². The minimum atomic E-state index is -4.37. The summed E-state index contributed by atoms with van der Waals surface area (Å²) in [7, 11) is 0. The maximum absolute atomic E-state index is 12.4. The Morgan fingerprint density at radius 1 is 1.35 bits per heavy atom. The summed E-state index contributed by atoms with van der Waals surface area (Å²) in [5, 5.41) is 2.63. The van der Waals surface area contributed by atoms with Gasteiger partial charge in [0.1, 0.15) is 0 Å². The highest BCUT2D eigenvalue weighted by atomic mass is 19.4. The largest absolute Gasteiger partial charge is 0.416 e. The van der Waals surface area contributed by atoms with Crippen LogP contribution in [0.15, 0.2) is 24.3 Å². The molecule has 0 unspecified atom stereocenters. The van der Waals surface area contributed by atoms with Gasteiger partial charge in [0.05, 0.1) is 12.0 Å². The molecule has 1 N–H and O–H groups in total. The minimum Gasteiger partial charge on any atom is -0.354 e. The standard InChI is InChI=1S/C12H14F3NO/c1-8(2)16-11(17)7-9-4-3-5-10(6-9)12(13,14)15/h3-6,8H,7H2,1-2H3,(H,16,17). The van der Waals surface area contributed by atoms with Gasteiger partial charge in [0.2, 0.25) is 5.91 Å². The number of halogens is 3. The smallest absolute Gasteiger partial charge is 0.354 e. The van der Waals surface area contributed by atoms with Gasteiger partial charge in [-0.25, -0.2) is 0 Å². The molecule has 1 rings (SSSR count). The highest BCUT2D eigenvalue weighted by Gasteiger charge is 2.30. The third kappa shape index (κ3) is 4.46. The summed E-state index contributed by atoms with van der Waals surface area (Å²) in [6.07, 6.45) is -4.41. The molecule has 0 aliphatic heterocycles. The van der Waals surface area contributed by atoms with E-state index >= 15 is 0 Å². The predicted octanol–water partition coefficient (Wildman–Crippen LogP) is 2.77. The van der Waals surface area contributed by atoms with Gasteiger partial charge in [-0.2, -0.15) is 13.2 Å². The Balaban J connectivity index is 2.76. The fraction of sp³-hybridized carbons (Fsp3) is 0.417. The fourth-order valence-corrected chi connectivity index (χ4v) is 1.42. The topological polar surface area (TPSA) is 29.1 Å². The molecule has 1 amide bonds. The van der Waals surface area contributed by atoms with Crippen LogP contribution in [0.3, 0.4) is 0 Å². The summed E-state index contributed by atoms with van der Waals surface area (Å²) in [5.74, 6) is -0.278. The number of hydrogen-bond acceptors (Lipinski definition) is 1. The molecule has 0 heterocycles. The molecule has 0 spiro atoms. The van der Waals surface area contributed by atoms with E-state index in [2.05, 4.69) is 5.32 Å². The number of rotatable bonds is 3. The molecule has 0 aliphatic rings. The molecule has 0 bridgehead atoms. The van der Waals surface area contributed by atoms with Crippen molar-refractivity contribution >= 4 is 5.91 Å². The highest BCUT2D eigenvalue weighted by Crippen LogP contribution is 2.29. The molecule has 1 aromatic rings. The zero-order valence-electron chi connectivity index (χ0n) is 9.64. The number of amides is 1. The van der Waals surface area contributed by atoms with Gasteiger partial charge in [-0.05, 0) is 25.5 Å². The molecular formula is C12H14F3NO. The summed E-state index contributed by atoms with van der Waals surface area (Å²) in [6.45, 7) is 3.59. The monoisotopic (exact) mass is 245 g/mol. The minimum absolute atomic E-state index is 0.0201. The van der Waals surface area contributed by atoms with Crippen molar-refractivity contribution in [2.75, 3.05) is 0 Å². The van der Waals surface area contributed by atoms with Crippen LogP contribution in [0.2, 0.25) is 0 Å². The first-order chi connectivity index (χ1) is 7.79. The van der Waals surface area contributed by atoms with E-state index in [9.17, 15) is 18.0 Å². The fourth-order valence-electron chi connectivity index (χ4n) is 1.42. The molecule has 0 radical (unpaired) electrons. The zero-order chi connectivity index (χ0) is 13.1. The zero-order valence-corrected chi connectivity index (χ0v) is 9.64. The molecule has 17 heavy (non-hydrogen) atoms. The van der Waals surface area contributed by atoms with Crippen LogP contribution in [0, 0.1) is 0 Å². The van der Waals surface area contributed by atoms with E-state index in [0.29, 0.717) is 5.56 Å². The van der Waals surface area contributed by atoms with Crippen molar-refractivity contribution in [1.29, 1.82) is 0 Å². The summed E-state index contributed by atoms with van der Waals surface area (Å²) >= 11 is 0. The average molecular weight is 245 g/mol. The van der Waals surface area contributed by atoms with Crippen molar-refractivity contribution in [1.82, 2.24) is 5.32 Å². The number of nitrogens with one attached hydrogen (secondary N) is 1. The SMILES string of the molecule is CC(C)NC(=O)Cc1cccc(C(F)(F)F)c1. The Hall–Kier alpha value is -1.52. The molecule has 0 atom stereocenters. The van der Waals surface area contributed by atoms with Crippen LogP contribution < -0.4 is 5.32 Å². The Labute approximate surface area is 97.8 Å². The first kappa shape index (κ1) is 13.5. The Kier molecular flexibility index (Phi) is 4.15. The second-order valence-corrected chi connectivity index (χ2v) is 4.10. The lowest BCUT2D eigenvalue weighted by Gasteiger charge is -2.10. The molecule has 0 aromatic heterocycles. The normalized spacial score (nSPS) is 11.6. The van der Waals surface area contributed by atoms with E-state index in [1.165, 1.54) is 12.1 Å². The van der Waals surface area contributed by atoms with Crippen molar-refractivity contribution in [2.24, 2.45) is 0 Å². The molecule has 0 aliphatic carbocycles. The van der Waals surface area contributed by atoms with Gasteiger partial charge in [0.15, 0.2) is 0 Å². The second-order valence-electron chi connectivity index (χ2n) is 4.10. The number of alkyl halides is 3. The van der Waals surface area contributed by atoms with Gasteiger partial charge < -0.3 is 5.32 Å². The molecule has 0 saturated carbocycles. The van der Waals surface area contributed by atoms with E-state index in [4.69, 9.17) is 0 Å². The number of hydrogen-bond donors (Lipinski definition) is 1. The van der Waals surface area contributed by atoms with Crippen molar-refractivity contribution < 1.29 is 18.0 Å². The third-order valence-corrected chi connectivity index (χ3v) is 2.07. The summed E-state index contributed by atoms with van der Waals surface area (Å²) in [5.41, 5.74) is -0.370. The van der Waals surface area contributed by atoms with Crippen LogP contribution in [-0.2, 0) is 17.4 Å². The van der Waals surface area contributed by atoms with E-state index in [0.717, 1.165) is 12.1 Å². The van der Waals surface area contributed by atoms with Crippen LogP contribution in [0.5, 0.6) is 0 Å². The Morgan fingerprint density at radius 2 is 2.00 bits per heavy atom. The average Bonchev–Trinajstić information content (AvgIpc) is 2.15. The summed E-state index contributed by atoms with van der Waals surface area (Å²) < 4.78 is 37.2. The first-order valence-electron chi connectivity index (χ1n) is 5.24. The predicted molar refractivity (Wildman–Crippen MR) is 58.4 cm³/mol. The van der Waals surface area contributed by atoms with E-state index < -0.39 is 11.7 Å². The number of benzene rings is 1.